The van der Waals surface area contributed by atoms with Gasteiger partial charge in [-0.2, -0.15) is 0 Å². The second-order valence-corrected chi connectivity index (χ2v) is 7.19. The Morgan fingerprint density at radius 3 is 2.65 bits per heavy atom. The number of aliphatic hydroxyl groups is 1. The van der Waals surface area contributed by atoms with Crippen molar-refractivity contribution in [2.45, 2.75) is 38.9 Å². The van der Waals surface area contributed by atoms with Crippen LogP contribution in [0.1, 0.15) is 27.7 Å². The maximum absolute atomic E-state index is 10.2. The van der Waals surface area contributed by atoms with Gasteiger partial charge in [-0.3, -0.25) is 0 Å². The molecule has 1 N–H and O–H groups in total. The molecule has 2 heterocycles. The Hall–Kier alpha value is -1.56. The van der Waals surface area contributed by atoms with Crippen molar-refractivity contribution in [3.05, 3.63) is 35.5 Å². The second-order valence-electron chi connectivity index (χ2n) is 6.75. The smallest absolute Gasteiger partial charge is 0.310 e. The summed E-state index contributed by atoms with van der Waals surface area (Å²) in [6.07, 6.45) is 1.70. The van der Waals surface area contributed by atoms with Gasteiger partial charge in [0.25, 0.3) is 0 Å². The van der Waals surface area contributed by atoms with Crippen molar-refractivity contribution in [2.75, 3.05) is 0 Å². The zero-order valence-corrected chi connectivity index (χ0v) is 14.4. The molecule has 0 saturated carbocycles. The first-order chi connectivity index (χ1) is 10.7. The van der Waals surface area contributed by atoms with Crippen LogP contribution in [-0.4, -0.2) is 28.8 Å². The van der Waals surface area contributed by atoms with E-state index in [9.17, 15) is 5.11 Å². The fourth-order valence-corrected chi connectivity index (χ4v) is 2.45. The van der Waals surface area contributed by atoms with Crippen LogP contribution >= 0.6 is 11.6 Å². The minimum Gasteiger partial charge on any atom is -0.438 e. The van der Waals surface area contributed by atoms with E-state index in [1.807, 2.05) is 32.0 Å². The molecule has 1 aromatic carbocycles. The molecule has 120 valence electrons. The highest BCUT2D eigenvalue weighted by atomic mass is 35.5. The lowest BCUT2D eigenvalue weighted by Crippen LogP contribution is -2.49. The van der Waals surface area contributed by atoms with Crippen molar-refractivity contribution >= 4 is 46.6 Å². The van der Waals surface area contributed by atoms with Crippen LogP contribution in [0.4, 0.5) is 0 Å². The van der Waals surface area contributed by atoms with E-state index in [0.717, 1.165) is 16.2 Å². The van der Waals surface area contributed by atoms with Crippen LogP contribution in [0.5, 0.6) is 0 Å². The number of hydrogen-bond donors (Lipinski definition) is 1. The van der Waals surface area contributed by atoms with Gasteiger partial charge < -0.3 is 14.2 Å². The van der Waals surface area contributed by atoms with E-state index in [4.69, 9.17) is 20.7 Å². The molecule has 0 unspecified atom stereocenters. The molecule has 0 atom stereocenters. The molecule has 0 amide bonds. The maximum atomic E-state index is 10.2. The van der Waals surface area contributed by atoms with Gasteiger partial charge in [0.05, 0.1) is 11.2 Å². The fourth-order valence-electron chi connectivity index (χ4n) is 2.29. The Kier molecular flexibility index (Phi) is 3.91. The van der Waals surface area contributed by atoms with Crippen LogP contribution < -0.4 is 5.46 Å². The number of aromatic nitrogens is 1. The molecule has 0 bridgehead atoms. The van der Waals surface area contributed by atoms with E-state index >= 15 is 0 Å². The molecule has 0 radical (unpaired) electrons. The standard InChI is InChI=1S/C17H19BClNO3/c1-16(2,21)17(3,4)23-18-12-7-8-20-15-14(12)11-6-5-10(19)9-13(11)22-15/h5-9,18,21H,1-4H3. The lowest BCUT2D eigenvalue weighted by Gasteiger charge is -2.37. The average Bonchev–Trinajstić information content (AvgIpc) is 2.81. The van der Waals surface area contributed by atoms with Gasteiger partial charge in [-0.05, 0) is 51.4 Å². The minimum atomic E-state index is -0.953. The molecule has 0 aliphatic carbocycles. The summed E-state index contributed by atoms with van der Waals surface area (Å²) < 4.78 is 11.8. The van der Waals surface area contributed by atoms with E-state index in [0.29, 0.717) is 23.8 Å². The molecular formula is C17H19BClNO3. The van der Waals surface area contributed by atoms with Crippen LogP contribution in [-0.2, 0) is 4.65 Å². The zero-order chi connectivity index (χ0) is 16.8. The van der Waals surface area contributed by atoms with Gasteiger partial charge in [0, 0.05) is 28.1 Å². The summed E-state index contributed by atoms with van der Waals surface area (Å²) >= 11 is 6.02. The number of benzene rings is 1. The normalized spacial score (nSPS) is 13.0. The van der Waals surface area contributed by atoms with Crippen molar-refractivity contribution in [2.24, 2.45) is 0 Å². The molecule has 2 aromatic heterocycles. The molecular weight excluding hydrogens is 312 g/mol. The summed E-state index contributed by atoms with van der Waals surface area (Å²) in [5, 5.41) is 12.7. The summed E-state index contributed by atoms with van der Waals surface area (Å²) in [6, 6.07) is 7.45. The van der Waals surface area contributed by atoms with Crippen LogP contribution in [0.15, 0.2) is 34.9 Å². The summed E-state index contributed by atoms with van der Waals surface area (Å²) in [4.78, 5) is 4.29. The minimum absolute atomic E-state index is 0.354. The first kappa shape index (κ1) is 16.3. The predicted molar refractivity (Wildman–Crippen MR) is 94.8 cm³/mol. The first-order valence-electron chi connectivity index (χ1n) is 7.51. The topological polar surface area (TPSA) is 55.5 Å². The van der Waals surface area contributed by atoms with Gasteiger partial charge in [-0.15, -0.1) is 0 Å². The maximum Gasteiger partial charge on any atom is 0.310 e. The van der Waals surface area contributed by atoms with Crippen molar-refractivity contribution < 1.29 is 14.2 Å². The predicted octanol–water partition coefficient (Wildman–Crippen LogP) is 3.18. The highest BCUT2D eigenvalue weighted by Crippen LogP contribution is 2.29. The highest BCUT2D eigenvalue weighted by Gasteiger charge is 2.35. The Morgan fingerprint density at radius 2 is 1.96 bits per heavy atom. The lowest BCUT2D eigenvalue weighted by molar-refractivity contribution is -0.0893. The summed E-state index contributed by atoms with van der Waals surface area (Å²) in [5.74, 6) is 0. The number of furan rings is 1. The number of hydrogen-bond acceptors (Lipinski definition) is 4. The molecule has 0 saturated heterocycles. The van der Waals surface area contributed by atoms with Gasteiger partial charge >= 0.3 is 7.48 Å². The Labute approximate surface area is 140 Å². The molecule has 4 nitrogen and oxygen atoms in total. The molecule has 0 aliphatic heterocycles. The van der Waals surface area contributed by atoms with Crippen molar-refractivity contribution in [1.82, 2.24) is 4.98 Å². The van der Waals surface area contributed by atoms with E-state index in [2.05, 4.69) is 4.98 Å². The van der Waals surface area contributed by atoms with Crippen LogP contribution in [0.2, 0.25) is 5.02 Å². The lowest BCUT2D eigenvalue weighted by atomic mass is 9.81. The molecule has 3 rings (SSSR count). The molecule has 0 spiro atoms. The Morgan fingerprint density at radius 1 is 1.22 bits per heavy atom. The van der Waals surface area contributed by atoms with Crippen LogP contribution in [0.3, 0.4) is 0 Å². The number of nitrogens with zero attached hydrogens (tertiary/aromatic N) is 1. The van der Waals surface area contributed by atoms with Crippen molar-refractivity contribution in [3.63, 3.8) is 0 Å². The molecule has 6 heteroatoms. The first-order valence-corrected chi connectivity index (χ1v) is 7.89. The SMILES string of the molecule is CC(C)(O)C(C)(C)OBc1ccnc2oc3cc(Cl)ccc3c12. The Balaban J connectivity index is 2.03. The molecule has 0 aliphatic rings. The van der Waals surface area contributed by atoms with E-state index in [-0.39, 0.29) is 0 Å². The van der Waals surface area contributed by atoms with Gasteiger partial charge in [0.2, 0.25) is 5.71 Å². The quantitative estimate of drug-likeness (QED) is 0.746. The summed E-state index contributed by atoms with van der Waals surface area (Å²) in [6.45, 7) is 7.23. The molecule has 0 fully saturated rings. The summed E-state index contributed by atoms with van der Waals surface area (Å²) in [7, 11) is 0.354. The summed E-state index contributed by atoms with van der Waals surface area (Å²) in [5.41, 5.74) is 0.586. The van der Waals surface area contributed by atoms with E-state index < -0.39 is 11.2 Å². The van der Waals surface area contributed by atoms with Crippen molar-refractivity contribution in [3.8, 4) is 0 Å². The monoisotopic (exact) mass is 331 g/mol. The zero-order valence-electron chi connectivity index (χ0n) is 13.7. The van der Waals surface area contributed by atoms with Gasteiger partial charge in [0.15, 0.2) is 0 Å². The van der Waals surface area contributed by atoms with E-state index in [1.165, 1.54) is 0 Å². The van der Waals surface area contributed by atoms with Crippen LogP contribution in [0.25, 0.3) is 22.1 Å². The fraction of sp³-hybridized carbons (Fsp3) is 0.353. The number of fused-ring (bicyclic) bond motifs is 3. The highest BCUT2D eigenvalue weighted by molar-refractivity contribution is 6.52. The largest absolute Gasteiger partial charge is 0.438 e. The van der Waals surface area contributed by atoms with Gasteiger partial charge in [-0.1, -0.05) is 11.6 Å². The van der Waals surface area contributed by atoms with Crippen LogP contribution in [0, 0.1) is 0 Å². The van der Waals surface area contributed by atoms with E-state index in [1.54, 1.807) is 26.1 Å². The number of rotatable bonds is 4. The second kappa shape index (κ2) is 5.51. The molecule has 3 aromatic rings. The third kappa shape index (κ3) is 2.96. The Bertz CT molecular complexity index is 867. The molecule has 23 heavy (non-hydrogen) atoms. The van der Waals surface area contributed by atoms with Crippen molar-refractivity contribution in [1.29, 1.82) is 0 Å². The number of pyridine rings is 1. The van der Waals surface area contributed by atoms with Gasteiger partial charge in [0.1, 0.15) is 5.58 Å². The third-order valence-electron chi connectivity index (χ3n) is 4.48. The number of halogens is 1. The van der Waals surface area contributed by atoms with Gasteiger partial charge in [-0.25, -0.2) is 4.98 Å². The third-order valence-corrected chi connectivity index (χ3v) is 4.72. The average molecular weight is 332 g/mol.